The molecule has 2 aromatic carbocycles. The molecule has 214 valence electrons. The Hall–Kier alpha value is -3.51. The van der Waals surface area contributed by atoms with Gasteiger partial charge in [-0.05, 0) is 56.6 Å². The lowest BCUT2D eigenvalue weighted by Gasteiger charge is -2.43. The van der Waals surface area contributed by atoms with Gasteiger partial charge in [0.15, 0.2) is 0 Å². The summed E-state index contributed by atoms with van der Waals surface area (Å²) in [7, 11) is 0. The topological polar surface area (TPSA) is 56.8 Å². The summed E-state index contributed by atoms with van der Waals surface area (Å²) in [6, 6.07) is 24.5. The number of carbonyl (C=O) groups excluding carboxylic acids is 2. The number of carbonyl (C=O) groups is 2. The second-order valence-electron chi connectivity index (χ2n) is 12.2. The van der Waals surface area contributed by atoms with Gasteiger partial charge >= 0.3 is 0 Å². The number of likely N-dealkylation sites (tertiary alicyclic amines) is 1. The number of rotatable bonds is 5. The van der Waals surface area contributed by atoms with Gasteiger partial charge in [-0.25, -0.2) is 4.98 Å². The quantitative estimate of drug-likeness (QED) is 0.392. The first-order valence-electron chi connectivity index (χ1n) is 15.5. The summed E-state index contributed by atoms with van der Waals surface area (Å²) >= 11 is 0. The van der Waals surface area contributed by atoms with Crippen molar-refractivity contribution in [3.05, 3.63) is 78.4 Å². The molecule has 3 aromatic rings. The van der Waals surface area contributed by atoms with Crippen LogP contribution in [0.2, 0.25) is 0 Å². The number of amides is 2. The van der Waals surface area contributed by atoms with E-state index in [1.165, 1.54) is 12.8 Å². The molecule has 2 saturated heterocycles. The molecule has 2 aliphatic heterocycles. The van der Waals surface area contributed by atoms with Gasteiger partial charge in [0.05, 0.1) is 11.4 Å². The molecule has 0 atom stereocenters. The first-order chi connectivity index (χ1) is 20.0. The lowest BCUT2D eigenvalue weighted by Crippen LogP contribution is -2.55. The Morgan fingerprint density at radius 2 is 1.20 bits per heavy atom. The average Bonchev–Trinajstić information content (AvgIpc) is 3.05. The van der Waals surface area contributed by atoms with Crippen molar-refractivity contribution in [2.75, 3.05) is 39.3 Å². The van der Waals surface area contributed by atoms with Crippen molar-refractivity contribution in [1.29, 1.82) is 0 Å². The van der Waals surface area contributed by atoms with Crippen LogP contribution >= 0.6 is 0 Å². The van der Waals surface area contributed by atoms with Crippen molar-refractivity contribution in [1.82, 2.24) is 19.7 Å². The van der Waals surface area contributed by atoms with E-state index in [0.717, 1.165) is 93.4 Å². The van der Waals surface area contributed by atoms with Crippen LogP contribution in [0.15, 0.2) is 72.8 Å². The fourth-order valence-corrected chi connectivity index (χ4v) is 6.86. The summed E-state index contributed by atoms with van der Waals surface area (Å²) in [5, 5.41) is 0. The van der Waals surface area contributed by atoms with E-state index >= 15 is 0 Å². The number of piperazine rings is 1. The van der Waals surface area contributed by atoms with Crippen LogP contribution in [0.3, 0.4) is 0 Å². The van der Waals surface area contributed by atoms with Crippen molar-refractivity contribution in [2.45, 2.75) is 51.5 Å². The van der Waals surface area contributed by atoms with Crippen LogP contribution in [0.4, 0.5) is 0 Å². The maximum Gasteiger partial charge on any atom is 0.254 e. The van der Waals surface area contributed by atoms with E-state index in [4.69, 9.17) is 4.98 Å². The van der Waals surface area contributed by atoms with Gasteiger partial charge in [0.25, 0.3) is 5.91 Å². The van der Waals surface area contributed by atoms with Crippen LogP contribution in [-0.4, -0.2) is 76.8 Å². The van der Waals surface area contributed by atoms with Crippen molar-refractivity contribution >= 4 is 11.8 Å². The zero-order chi connectivity index (χ0) is 28.2. The minimum absolute atomic E-state index is 0.0728. The van der Waals surface area contributed by atoms with Crippen LogP contribution in [0.25, 0.3) is 22.5 Å². The van der Waals surface area contributed by atoms with Crippen molar-refractivity contribution in [3.8, 4) is 22.5 Å². The molecule has 3 fully saturated rings. The highest BCUT2D eigenvalue weighted by molar-refractivity contribution is 5.96. The molecule has 2 amide bonds. The molecular formula is C35H42N4O2. The molecule has 6 rings (SSSR count). The monoisotopic (exact) mass is 550 g/mol. The Morgan fingerprint density at radius 1 is 0.659 bits per heavy atom. The zero-order valence-electron chi connectivity index (χ0n) is 24.3. The summed E-state index contributed by atoms with van der Waals surface area (Å²) in [6.45, 7) is 7.26. The molecule has 0 radical (unpaired) electrons. The van der Waals surface area contributed by atoms with E-state index < -0.39 is 0 Å². The van der Waals surface area contributed by atoms with E-state index in [1.807, 2.05) is 77.7 Å². The third kappa shape index (κ3) is 6.38. The normalized spacial score (nSPS) is 22.5. The van der Waals surface area contributed by atoms with Crippen molar-refractivity contribution < 1.29 is 9.59 Å². The SMILES string of the molecule is CC1CCC(C(=O)N2CCC(N3CCN(C(=O)c4cc(-c5ccccc5)nc(-c5ccccc5)c4)CC3)CC2)CC1. The number of pyridine rings is 1. The number of hydrogen-bond acceptors (Lipinski definition) is 4. The molecule has 0 spiro atoms. The maximum absolute atomic E-state index is 13.8. The first kappa shape index (κ1) is 27.6. The third-order valence-electron chi connectivity index (χ3n) is 9.47. The summed E-state index contributed by atoms with van der Waals surface area (Å²) < 4.78 is 0. The molecule has 1 saturated carbocycles. The van der Waals surface area contributed by atoms with Gasteiger partial charge in [-0.15, -0.1) is 0 Å². The summed E-state index contributed by atoms with van der Waals surface area (Å²) in [6.07, 6.45) is 6.58. The van der Waals surface area contributed by atoms with Crippen molar-refractivity contribution in [2.24, 2.45) is 11.8 Å². The predicted octanol–water partition coefficient (Wildman–Crippen LogP) is 5.99. The van der Waals surface area contributed by atoms with Gasteiger partial charge in [0.2, 0.25) is 5.91 Å². The standard InChI is InChI=1S/C35H42N4O2/c1-26-12-14-29(15-13-26)34(40)38-18-16-31(17-19-38)37-20-22-39(23-21-37)35(41)30-24-32(27-8-4-2-5-9-27)36-33(25-30)28-10-6-3-7-11-28/h2-11,24-26,29,31H,12-23H2,1H3. The Balaban J connectivity index is 1.08. The molecule has 6 nitrogen and oxygen atoms in total. The largest absolute Gasteiger partial charge is 0.342 e. The van der Waals surface area contributed by atoms with Gasteiger partial charge < -0.3 is 9.80 Å². The minimum Gasteiger partial charge on any atom is -0.342 e. The predicted molar refractivity (Wildman–Crippen MR) is 163 cm³/mol. The summed E-state index contributed by atoms with van der Waals surface area (Å²) in [5.74, 6) is 1.48. The van der Waals surface area contributed by atoms with Crippen LogP contribution in [-0.2, 0) is 4.79 Å². The van der Waals surface area contributed by atoms with Crippen LogP contribution in [0.5, 0.6) is 0 Å². The highest BCUT2D eigenvalue weighted by atomic mass is 16.2. The lowest BCUT2D eigenvalue weighted by atomic mass is 9.82. The number of hydrogen-bond donors (Lipinski definition) is 0. The Kier molecular flexibility index (Phi) is 8.47. The Morgan fingerprint density at radius 3 is 1.73 bits per heavy atom. The van der Waals surface area contributed by atoms with Gasteiger partial charge in [0, 0.05) is 67.9 Å². The molecule has 3 heterocycles. The number of benzene rings is 2. The highest BCUT2D eigenvalue weighted by Crippen LogP contribution is 2.31. The zero-order valence-corrected chi connectivity index (χ0v) is 24.3. The second kappa shape index (κ2) is 12.6. The number of piperidine rings is 1. The van der Waals surface area contributed by atoms with Gasteiger partial charge in [-0.1, -0.05) is 67.6 Å². The molecule has 6 heteroatoms. The molecular weight excluding hydrogens is 508 g/mol. The molecule has 3 aliphatic rings. The maximum atomic E-state index is 13.8. The third-order valence-corrected chi connectivity index (χ3v) is 9.47. The van der Waals surface area contributed by atoms with E-state index in [0.29, 0.717) is 17.5 Å². The minimum atomic E-state index is 0.0728. The van der Waals surface area contributed by atoms with Crippen LogP contribution < -0.4 is 0 Å². The second-order valence-corrected chi connectivity index (χ2v) is 12.2. The van der Waals surface area contributed by atoms with Gasteiger partial charge in [-0.2, -0.15) is 0 Å². The first-order valence-corrected chi connectivity index (χ1v) is 15.5. The fourth-order valence-electron chi connectivity index (χ4n) is 6.86. The Labute approximate surface area is 244 Å². The molecule has 1 aliphatic carbocycles. The summed E-state index contributed by atoms with van der Waals surface area (Å²) in [5.41, 5.74) is 4.34. The van der Waals surface area contributed by atoms with Crippen molar-refractivity contribution in [3.63, 3.8) is 0 Å². The van der Waals surface area contributed by atoms with E-state index in [1.54, 1.807) is 0 Å². The average molecular weight is 551 g/mol. The fraction of sp³-hybridized carbons (Fsp3) is 0.457. The smallest absolute Gasteiger partial charge is 0.254 e. The van der Waals surface area contributed by atoms with E-state index in [9.17, 15) is 9.59 Å². The molecule has 41 heavy (non-hydrogen) atoms. The highest BCUT2D eigenvalue weighted by Gasteiger charge is 2.33. The molecule has 0 unspecified atom stereocenters. The molecule has 0 bridgehead atoms. The van der Waals surface area contributed by atoms with Crippen LogP contribution in [0, 0.1) is 11.8 Å². The molecule has 1 aromatic heterocycles. The molecule has 0 N–H and O–H groups in total. The van der Waals surface area contributed by atoms with Crippen LogP contribution in [0.1, 0.15) is 55.8 Å². The van der Waals surface area contributed by atoms with E-state index in [-0.39, 0.29) is 11.8 Å². The van der Waals surface area contributed by atoms with Gasteiger partial charge in [-0.3, -0.25) is 14.5 Å². The summed E-state index contributed by atoms with van der Waals surface area (Å²) in [4.78, 5) is 38.5. The number of nitrogens with zero attached hydrogens (tertiary/aromatic N) is 4. The van der Waals surface area contributed by atoms with E-state index in [2.05, 4.69) is 16.7 Å². The number of aromatic nitrogens is 1. The Bertz CT molecular complexity index is 1260. The van der Waals surface area contributed by atoms with Gasteiger partial charge in [0.1, 0.15) is 0 Å². The lowest BCUT2D eigenvalue weighted by molar-refractivity contribution is -0.138.